The SMILES string of the molecule is CCCN[C@@H]1COc2ccc(OC)cc2[C@@H]1O. The molecule has 0 spiro atoms. The highest BCUT2D eigenvalue weighted by atomic mass is 16.5. The third-order valence-corrected chi connectivity index (χ3v) is 2.99. The van der Waals surface area contributed by atoms with E-state index in [-0.39, 0.29) is 6.04 Å². The quantitative estimate of drug-likeness (QED) is 0.833. The molecule has 94 valence electrons. The standard InChI is InChI=1S/C13H19NO3/c1-3-6-14-11-8-17-12-5-4-9(16-2)7-10(12)13(11)15/h4-5,7,11,13-15H,3,6,8H2,1-2H3/t11-,13+/m1/s1. The Hall–Kier alpha value is -1.26. The lowest BCUT2D eigenvalue weighted by Crippen LogP contribution is -2.42. The first-order chi connectivity index (χ1) is 8.26. The van der Waals surface area contributed by atoms with Gasteiger partial charge in [-0.05, 0) is 31.2 Å². The van der Waals surface area contributed by atoms with Gasteiger partial charge >= 0.3 is 0 Å². The molecule has 4 heteroatoms. The summed E-state index contributed by atoms with van der Waals surface area (Å²) in [5.41, 5.74) is 0.796. The van der Waals surface area contributed by atoms with Crippen LogP contribution < -0.4 is 14.8 Å². The van der Waals surface area contributed by atoms with E-state index >= 15 is 0 Å². The predicted molar refractivity (Wildman–Crippen MR) is 65.5 cm³/mol. The molecule has 0 radical (unpaired) electrons. The van der Waals surface area contributed by atoms with Gasteiger partial charge < -0.3 is 19.9 Å². The highest BCUT2D eigenvalue weighted by molar-refractivity contribution is 5.43. The normalized spacial score (nSPS) is 22.8. The summed E-state index contributed by atoms with van der Waals surface area (Å²) >= 11 is 0. The molecule has 17 heavy (non-hydrogen) atoms. The molecule has 1 aromatic carbocycles. The van der Waals surface area contributed by atoms with Crippen LogP contribution in [0, 0.1) is 0 Å². The number of aliphatic hydroxyl groups excluding tert-OH is 1. The van der Waals surface area contributed by atoms with Crippen LogP contribution in [0.5, 0.6) is 11.5 Å². The highest BCUT2D eigenvalue weighted by Gasteiger charge is 2.29. The lowest BCUT2D eigenvalue weighted by Gasteiger charge is -2.31. The summed E-state index contributed by atoms with van der Waals surface area (Å²) in [5, 5.41) is 13.6. The molecule has 2 rings (SSSR count). The molecule has 1 aliphatic rings. The van der Waals surface area contributed by atoms with Crippen molar-refractivity contribution in [3.63, 3.8) is 0 Å². The molecule has 0 amide bonds. The zero-order valence-electron chi connectivity index (χ0n) is 10.3. The van der Waals surface area contributed by atoms with E-state index in [9.17, 15) is 5.11 Å². The maximum atomic E-state index is 10.3. The van der Waals surface area contributed by atoms with Crippen molar-refractivity contribution in [1.29, 1.82) is 0 Å². The Bertz CT molecular complexity index is 381. The van der Waals surface area contributed by atoms with Gasteiger partial charge in [0.2, 0.25) is 0 Å². The second kappa shape index (κ2) is 5.38. The van der Waals surface area contributed by atoms with Crippen LogP contribution in [0.1, 0.15) is 25.0 Å². The minimum Gasteiger partial charge on any atom is -0.497 e. The van der Waals surface area contributed by atoms with Crippen LogP contribution in [0.2, 0.25) is 0 Å². The lowest BCUT2D eigenvalue weighted by molar-refractivity contribution is 0.0735. The zero-order valence-corrected chi connectivity index (χ0v) is 10.3. The first-order valence-corrected chi connectivity index (χ1v) is 5.98. The van der Waals surface area contributed by atoms with Gasteiger partial charge in [-0.25, -0.2) is 0 Å². The van der Waals surface area contributed by atoms with E-state index in [0.717, 1.165) is 30.0 Å². The van der Waals surface area contributed by atoms with E-state index < -0.39 is 6.10 Å². The molecule has 0 aromatic heterocycles. The van der Waals surface area contributed by atoms with Crippen molar-refractivity contribution in [2.75, 3.05) is 20.3 Å². The van der Waals surface area contributed by atoms with Crippen LogP contribution in [0.4, 0.5) is 0 Å². The molecule has 2 N–H and O–H groups in total. The molecular formula is C13H19NO3. The van der Waals surface area contributed by atoms with E-state index in [1.54, 1.807) is 7.11 Å². The average Bonchev–Trinajstić information content (AvgIpc) is 2.38. The van der Waals surface area contributed by atoms with Gasteiger partial charge in [0.1, 0.15) is 24.2 Å². The van der Waals surface area contributed by atoms with Crippen LogP contribution in [-0.2, 0) is 0 Å². The van der Waals surface area contributed by atoms with Crippen molar-refractivity contribution in [2.45, 2.75) is 25.5 Å². The molecule has 0 bridgehead atoms. The van der Waals surface area contributed by atoms with Crippen LogP contribution in [0.3, 0.4) is 0 Å². The van der Waals surface area contributed by atoms with Gasteiger partial charge in [0.15, 0.2) is 0 Å². The zero-order chi connectivity index (χ0) is 12.3. The van der Waals surface area contributed by atoms with Crippen molar-refractivity contribution < 1.29 is 14.6 Å². The van der Waals surface area contributed by atoms with Crippen LogP contribution in [-0.4, -0.2) is 31.4 Å². The molecule has 1 aromatic rings. The van der Waals surface area contributed by atoms with Crippen LogP contribution >= 0.6 is 0 Å². The highest BCUT2D eigenvalue weighted by Crippen LogP contribution is 2.34. The van der Waals surface area contributed by atoms with Crippen LogP contribution in [0.25, 0.3) is 0 Å². The second-order valence-electron chi connectivity index (χ2n) is 4.22. The number of hydrogen-bond donors (Lipinski definition) is 2. The molecule has 0 unspecified atom stereocenters. The van der Waals surface area contributed by atoms with Crippen molar-refractivity contribution >= 4 is 0 Å². The van der Waals surface area contributed by atoms with Gasteiger partial charge in [0.25, 0.3) is 0 Å². The molecule has 1 heterocycles. The minimum atomic E-state index is -0.541. The summed E-state index contributed by atoms with van der Waals surface area (Å²) in [5.74, 6) is 1.48. The molecule has 0 fully saturated rings. The number of hydrogen-bond acceptors (Lipinski definition) is 4. The summed E-state index contributed by atoms with van der Waals surface area (Å²) in [4.78, 5) is 0. The molecule has 2 atom stereocenters. The van der Waals surface area contributed by atoms with E-state index in [0.29, 0.717) is 6.61 Å². The Kier molecular flexibility index (Phi) is 3.86. The van der Waals surface area contributed by atoms with Gasteiger partial charge in [-0.3, -0.25) is 0 Å². The molecule has 4 nitrogen and oxygen atoms in total. The topological polar surface area (TPSA) is 50.7 Å². The number of rotatable bonds is 4. The summed E-state index contributed by atoms with van der Waals surface area (Å²) in [6.45, 7) is 3.48. The Morgan fingerprint density at radius 1 is 1.53 bits per heavy atom. The molecule has 1 aliphatic heterocycles. The fourth-order valence-corrected chi connectivity index (χ4v) is 2.00. The number of methoxy groups -OCH3 is 1. The van der Waals surface area contributed by atoms with E-state index in [1.165, 1.54) is 0 Å². The molecule has 0 aliphatic carbocycles. The average molecular weight is 237 g/mol. The van der Waals surface area contributed by atoms with Gasteiger partial charge in [0.05, 0.1) is 13.2 Å². The monoisotopic (exact) mass is 237 g/mol. The van der Waals surface area contributed by atoms with Gasteiger partial charge in [-0.15, -0.1) is 0 Å². The van der Waals surface area contributed by atoms with E-state index in [1.807, 2.05) is 18.2 Å². The minimum absolute atomic E-state index is 0.0467. The lowest BCUT2D eigenvalue weighted by atomic mass is 9.99. The Labute approximate surface area is 102 Å². The van der Waals surface area contributed by atoms with Crippen molar-refractivity contribution in [3.8, 4) is 11.5 Å². The maximum Gasteiger partial charge on any atom is 0.125 e. The second-order valence-corrected chi connectivity index (χ2v) is 4.22. The summed E-state index contributed by atoms with van der Waals surface area (Å²) in [6, 6.07) is 5.47. The largest absolute Gasteiger partial charge is 0.497 e. The number of nitrogens with one attached hydrogen (secondary N) is 1. The van der Waals surface area contributed by atoms with Gasteiger partial charge in [-0.1, -0.05) is 6.92 Å². The number of ether oxygens (including phenoxy) is 2. The smallest absolute Gasteiger partial charge is 0.125 e. The molecule has 0 saturated heterocycles. The summed E-state index contributed by atoms with van der Waals surface area (Å²) in [6.07, 6.45) is 0.495. The van der Waals surface area contributed by atoms with E-state index in [2.05, 4.69) is 12.2 Å². The Balaban J connectivity index is 2.18. The summed E-state index contributed by atoms with van der Waals surface area (Å²) < 4.78 is 10.8. The summed E-state index contributed by atoms with van der Waals surface area (Å²) in [7, 11) is 1.62. The Morgan fingerprint density at radius 3 is 3.06 bits per heavy atom. The van der Waals surface area contributed by atoms with E-state index in [4.69, 9.17) is 9.47 Å². The number of benzene rings is 1. The third-order valence-electron chi connectivity index (χ3n) is 2.99. The molecular weight excluding hydrogens is 218 g/mol. The van der Waals surface area contributed by atoms with Crippen molar-refractivity contribution in [1.82, 2.24) is 5.32 Å². The first kappa shape index (κ1) is 12.2. The number of aliphatic hydroxyl groups is 1. The van der Waals surface area contributed by atoms with Crippen molar-refractivity contribution in [2.24, 2.45) is 0 Å². The first-order valence-electron chi connectivity index (χ1n) is 5.98. The third kappa shape index (κ3) is 2.53. The fourth-order valence-electron chi connectivity index (χ4n) is 2.00. The number of fused-ring (bicyclic) bond motifs is 1. The maximum absolute atomic E-state index is 10.3. The van der Waals surface area contributed by atoms with Crippen LogP contribution in [0.15, 0.2) is 18.2 Å². The molecule has 0 saturated carbocycles. The Morgan fingerprint density at radius 2 is 2.35 bits per heavy atom. The van der Waals surface area contributed by atoms with Crippen molar-refractivity contribution in [3.05, 3.63) is 23.8 Å². The predicted octanol–water partition coefficient (Wildman–Crippen LogP) is 1.49. The fraction of sp³-hybridized carbons (Fsp3) is 0.538. The van der Waals surface area contributed by atoms with Gasteiger partial charge in [0, 0.05) is 5.56 Å². The van der Waals surface area contributed by atoms with Gasteiger partial charge in [-0.2, -0.15) is 0 Å².